The van der Waals surface area contributed by atoms with Crippen LogP contribution in [-0.4, -0.2) is 122 Å². The third kappa shape index (κ3) is 17.9. The predicted octanol–water partition coefficient (Wildman–Crippen LogP) is 13.7. The number of azide groups is 1. The Kier molecular flexibility index (Phi) is 24.6. The van der Waals surface area contributed by atoms with Crippen LogP contribution in [0, 0.1) is 0 Å². The Hall–Kier alpha value is -7.53. The molecule has 18 heteroatoms. The maximum Gasteiger partial charge on any atom is 0.187 e. The van der Waals surface area contributed by atoms with E-state index in [9.17, 15) is 10.6 Å². The molecule has 3 aliphatic heterocycles. The van der Waals surface area contributed by atoms with Gasteiger partial charge in [0.1, 0.15) is 85.4 Å². The van der Waals surface area contributed by atoms with Crippen molar-refractivity contribution in [2.75, 3.05) is 13.2 Å². The SMILES string of the molecule is [N-]=[N+]=N[C@H]1[C@@H](O[C@@H]2[C@@H](OCc3ccccc3)[C@H](OCc3ccccc3)[C@@H](OCc3ccccc3)[C@H]3OC4(CCCCC4)O[C@@H]23)O[C@H](COCc2ccccc2)[C@@H](O[C@H]2O[C@H](CO)[C@@H](OCc3ccccc3)[C@H](OCc3ccccc3)[C@@H]2OCc2ccccc2)[C@@H]1OCc1ccccc1. The van der Waals surface area contributed by atoms with Crippen LogP contribution in [0.2, 0.25) is 0 Å². The van der Waals surface area contributed by atoms with Crippen molar-refractivity contribution in [3.63, 3.8) is 0 Å². The minimum absolute atomic E-state index is 0.0380. The lowest BCUT2D eigenvalue weighted by molar-refractivity contribution is -0.371. The largest absolute Gasteiger partial charge is 0.394 e. The molecule has 1 spiro atoms. The summed E-state index contributed by atoms with van der Waals surface area (Å²) in [5.41, 5.74) is 18.3. The summed E-state index contributed by atoms with van der Waals surface area (Å²) in [7, 11) is 0. The first-order valence-corrected chi connectivity index (χ1v) is 34.3. The lowest BCUT2D eigenvalue weighted by atomic mass is 9.83. The Morgan fingerprint density at radius 3 is 1.09 bits per heavy atom. The molecule has 3 saturated heterocycles. The molecule has 0 amide bonds. The van der Waals surface area contributed by atoms with E-state index >= 15 is 0 Å². The summed E-state index contributed by atoms with van der Waals surface area (Å²) >= 11 is 0. The molecule has 16 atom stereocenters. The molecular formula is C80H87N3O15. The summed E-state index contributed by atoms with van der Waals surface area (Å²) in [5, 5.41) is 16.2. The number of rotatable bonds is 31. The van der Waals surface area contributed by atoms with E-state index in [1.165, 1.54) is 0 Å². The number of aliphatic hydroxyl groups excluding tert-OH is 1. The van der Waals surface area contributed by atoms with E-state index in [0.29, 0.717) is 12.8 Å². The summed E-state index contributed by atoms with van der Waals surface area (Å²) in [4.78, 5) is 3.55. The zero-order valence-corrected chi connectivity index (χ0v) is 54.9. The van der Waals surface area contributed by atoms with E-state index in [0.717, 1.165) is 63.8 Å². The summed E-state index contributed by atoms with van der Waals surface area (Å²) in [5.74, 6) is -0.979. The van der Waals surface area contributed by atoms with E-state index in [2.05, 4.69) is 10.0 Å². The van der Waals surface area contributed by atoms with Gasteiger partial charge in [0.2, 0.25) is 0 Å². The second kappa shape index (κ2) is 35.0. The van der Waals surface area contributed by atoms with Crippen LogP contribution in [-0.2, 0) is 119 Å². The van der Waals surface area contributed by atoms with Crippen LogP contribution in [0.5, 0.6) is 0 Å². The monoisotopic (exact) mass is 1330 g/mol. The van der Waals surface area contributed by atoms with Crippen molar-refractivity contribution >= 4 is 0 Å². The highest BCUT2D eigenvalue weighted by molar-refractivity contribution is 5.21. The van der Waals surface area contributed by atoms with E-state index in [4.69, 9.17) is 66.3 Å². The van der Waals surface area contributed by atoms with Gasteiger partial charge in [-0.2, -0.15) is 0 Å². The molecule has 1 N–H and O–H groups in total. The van der Waals surface area contributed by atoms with Crippen molar-refractivity contribution in [2.45, 2.75) is 189 Å². The highest BCUT2D eigenvalue weighted by atomic mass is 16.8. The normalized spacial score (nSPS) is 28.2. The maximum absolute atomic E-state index is 11.6. The molecule has 0 unspecified atom stereocenters. The van der Waals surface area contributed by atoms with Gasteiger partial charge < -0.3 is 71.4 Å². The van der Waals surface area contributed by atoms with Crippen LogP contribution in [0.25, 0.3) is 10.4 Å². The number of benzene rings is 8. The molecule has 13 rings (SSSR count). The molecule has 0 radical (unpaired) electrons. The average molecular weight is 1330 g/mol. The minimum atomic E-state index is -1.41. The van der Waals surface area contributed by atoms with Gasteiger partial charge in [0.15, 0.2) is 18.4 Å². The Morgan fingerprint density at radius 2 is 0.684 bits per heavy atom. The first-order chi connectivity index (χ1) is 48.5. The minimum Gasteiger partial charge on any atom is -0.394 e. The molecule has 2 aliphatic carbocycles. The molecule has 18 nitrogen and oxygen atoms in total. The smallest absolute Gasteiger partial charge is 0.187 e. The number of fused-ring (bicyclic) bond motifs is 1. The van der Waals surface area contributed by atoms with Crippen LogP contribution in [0.4, 0.5) is 0 Å². The van der Waals surface area contributed by atoms with Crippen LogP contribution >= 0.6 is 0 Å². The van der Waals surface area contributed by atoms with Gasteiger partial charge in [-0.1, -0.05) is 254 Å². The van der Waals surface area contributed by atoms with E-state index in [-0.39, 0.29) is 59.5 Å². The molecule has 2 saturated carbocycles. The third-order valence-electron chi connectivity index (χ3n) is 18.8. The van der Waals surface area contributed by atoms with Gasteiger partial charge in [-0.3, -0.25) is 0 Å². The fourth-order valence-corrected chi connectivity index (χ4v) is 13.9. The quantitative estimate of drug-likeness (QED) is 0.0244. The van der Waals surface area contributed by atoms with Crippen molar-refractivity contribution < 1.29 is 71.4 Å². The molecule has 5 aliphatic rings. The number of aliphatic hydroxyl groups is 1. The van der Waals surface area contributed by atoms with Crippen LogP contribution in [0.15, 0.2) is 248 Å². The molecule has 8 aromatic rings. The Bertz CT molecular complexity index is 3650. The van der Waals surface area contributed by atoms with Crippen LogP contribution in [0.1, 0.15) is 76.6 Å². The first-order valence-electron chi connectivity index (χ1n) is 34.3. The van der Waals surface area contributed by atoms with Gasteiger partial charge in [0.25, 0.3) is 0 Å². The van der Waals surface area contributed by atoms with Crippen molar-refractivity contribution in [1.82, 2.24) is 0 Å². The van der Waals surface area contributed by atoms with Crippen molar-refractivity contribution in [3.05, 3.63) is 298 Å². The standard InChI is InChI=1S/C80H87N3O15/c81-83-82-66-69(87-49-58-32-14-3-15-33-58)68(95-79-77(92-54-63-42-24-8-25-43-63)70(88-50-59-34-16-4-17-35-59)67(64(46-84)93-79)86-48-57-30-12-2-13-31-57)65(55-85-47-56-28-10-1-11-29-56)94-78(66)96-74-72(90-52-61-38-20-6-21-39-61)71(89-51-60-36-18-5-19-37-60)73(91-53-62-40-22-7-23-41-62)75-76(74)98-80(97-75)44-26-9-27-45-80/h1-8,10-25,28-43,64-79,84H,9,26-27,44-55H2/t64-,65-,66-,67-,68-,69-,70+,71+,72+,73-,74-,75-,76+,77+,78-,79-/m1/s1. The molecule has 8 aromatic carbocycles. The Morgan fingerprint density at radius 1 is 0.357 bits per heavy atom. The molecule has 5 fully saturated rings. The highest BCUT2D eigenvalue weighted by Gasteiger charge is 2.64. The first kappa shape index (κ1) is 69.0. The average Bonchev–Trinajstić information content (AvgIpc) is 1.50. The van der Waals surface area contributed by atoms with Gasteiger partial charge in [0.05, 0.1) is 66.1 Å². The van der Waals surface area contributed by atoms with Gasteiger partial charge in [-0.25, -0.2) is 0 Å². The molecule has 0 aromatic heterocycles. The molecule has 0 bridgehead atoms. The molecule has 3 heterocycles. The summed E-state index contributed by atoms with van der Waals surface area (Å²) in [6.07, 6.45) is -11.1. The third-order valence-corrected chi connectivity index (χ3v) is 18.8. The van der Waals surface area contributed by atoms with E-state index in [1.807, 2.05) is 243 Å². The molecular weight excluding hydrogens is 1240 g/mol. The number of hydrogen-bond acceptors (Lipinski definition) is 16. The maximum atomic E-state index is 11.6. The summed E-state index contributed by atoms with van der Waals surface area (Å²) in [6, 6.07) is 77.7. The van der Waals surface area contributed by atoms with Crippen LogP contribution < -0.4 is 0 Å². The topological polar surface area (TPSA) is 198 Å². The Labute approximate surface area is 573 Å². The number of nitrogens with zero attached hydrogens (tertiary/aromatic N) is 3. The van der Waals surface area contributed by atoms with Crippen molar-refractivity contribution in [1.29, 1.82) is 0 Å². The summed E-state index contributed by atoms with van der Waals surface area (Å²) in [6.45, 7) is 0.698. The fraction of sp³-hybridized carbons (Fsp3) is 0.400. The summed E-state index contributed by atoms with van der Waals surface area (Å²) < 4.78 is 101. The van der Waals surface area contributed by atoms with E-state index in [1.54, 1.807) is 0 Å². The van der Waals surface area contributed by atoms with Gasteiger partial charge in [-0.05, 0) is 62.9 Å². The second-order valence-electron chi connectivity index (χ2n) is 25.6. The predicted molar refractivity (Wildman–Crippen MR) is 364 cm³/mol. The zero-order chi connectivity index (χ0) is 66.6. The van der Waals surface area contributed by atoms with Gasteiger partial charge in [-0.15, -0.1) is 0 Å². The second-order valence-corrected chi connectivity index (χ2v) is 25.6. The highest BCUT2D eigenvalue weighted by Crippen LogP contribution is 2.49. The lowest BCUT2D eigenvalue weighted by Crippen LogP contribution is -2.68. The molecule has 98 heavy (non-hydrogen) atoms. The van der Waals surface area contributed by atoms with Crippen molar-refractivity contribution in [2.24, 2.45) is 5.11 Å². The molecule has 512 valence electrons. The van der Waals surface area contributed by atoms with Gasteiger partial charge in [0, 0.05) is 17.8 Å². The Balaban J connectivity index is 0.911. The fourth-order valence-electron chi connectivity index (χ4n) is 13.9. The lowest BCUT2D eigenvalue weighted by Gasteiger charge is -2.51. The van der Waals surface area contributed by atoms with Crippen molar-refractivity contribution in [3.8, 4) is 0 Å². The van der Waals surface area contributed by atoms with Gasteiger partial charge >= 0.3 is 0 Å². The zero-order valence-electron chi connectivity index (χ0n) is 54.9. The van der Waals surface area contributed by atoms with E-state index < -0.39 is 110 Å². The van der Waals surface area contributed by atoms with Crippen LogP contribution in [0.3, 0.4) is 0 Å². The number of hydrogen-bond donors (Lipinski definition) is 1. The number of ether oxygens (including phenoxy) is 14.